The number of rotatable bonds is 9. The van der Waals surface area contributed by atoms with Crippen molar-refractivity contribution in [2.45, 2.75) is 25.9 Å². The van der Waals surface area contributed by atoms with Crippen LogP contribution in [0.25, 0.3) is 11.3 Å². The van der Waals surface area contributed by atoms with Crippen LogP contribution in [0.2, 0.25) is 0 Å². The highest BCUT2D eigenvalue weighted by Crippen LogP contribution is 2.59. The van der Waals surface area contributed by atoms with Crippen molar-refractivity contribution in [2.75, 3.05) is 17.6 Å². The average Bonchev–Trinajstić information content (AvgIpc) is 3.00. The normalized spacial score (nSPS) is 12.0. The minimum atomic E-state index is -3.63. The lowest BCUT2D eigenvalue weighted by Crippen LogP contribution is -2.33. The second-order valence-electron chi connectivity index (χ2n) is 10.6. The zero-order valence-electron chi connectivity index (χ0n) is 24.1. The van der Waals surface area contributed by atoms with Gasteiger partial charge in [0, 0.05) is 18.2 Å². The number of aromatic nitrogens is 2. The average molecular weight is 599 g/mol. The summed E-state index contributed by atoms with van der Waals surface area (Å²) in [7, 11) is -4.53. The van der Waals surface area contributed by atoms with E-state index < -0.39 is 17.3 Å². The Labute approximate surface area is 248 Å². The van der Waals surface area contributed by atoms with Crippen LogP contribution >= 0.6 is 7.26 Å². The van der Waals surface area contributed by atoms with Gasteiger partial charge < -0.3 is 0 Å². The molecule has 5 nitrogen and oxygen atoms in total. The number of anilines is 1. The lowest BCUT2D eigenvalue weighted by atomic mass is 9.99. The Morgan fingerprint density at radius 1 is 0.738 bits per heavy atom. The van der Waals surface area contributed by atoms with Crippen LogP contribution in [0.4, 0.5) is 10.3 Å². The molecule has 0 spiro atoms. The van der Waals surface area contributed by atoms with E-state index in [1.54, 1.807) is 12.1 Å². The Hall–Kier alpha value is -3.93. The van der Waals surface area contributed by atoms with Gasteiger partial charge in [-0.1, -0.05) is 68.4 Å². The molecule has 0 fully saturated rings. The summed E-state index contributed by atoms with van der Waals surface area (Å²) in [6.45, 7) is 4.11. The van der Waals surface area contributed by atoms with Crippen LogP contribution in [0.15, 0.2) is 115 Å². The van der Waals surface area contributed by atoms with E-state index in [4.69, 9.17) is 9.97 Å². The molecule has 4 aromatic carbocycles. The van der Waals surface area contributed by atoms with Crippen LogP contribution in [0, 0.1) is 5.82 Å². The van der Waals surface area contributed by atoms with Gasteiger partial charge in [-0.3, -0.25) is 0 Å². The van der Waals surface area contributed by atoms with Crippen molar-refractivity contribution >= 4 is 39.1 Å². The first-order valence-electron chi connectivity index (χ1n) is 13.8. The molecule has 42 heavy (non-hydrogen) atoms. The fraction of sp³-hybridized carbons (Fsp3) is 0.176. The highest BCUT2D eigenvalue weighted by atomic mass is 32.2. The molecule has 0 aliphatic rings. The van der Waals surface area contributed by atoms with E-state index in [0.717, 1.165) is 21.8 Å². The number of halogens is 1. The molecule has 8 heteroatoms. The summed E-state index contributed by atoms with van der Waals surface area (Å²) >= 11 is 0. The second-order valence-corrected chi connectivity index (χ2v) is 16.1. The molecule has 1 aromatic heterocycles. The van der Waals surface area contributed by atoms with Crippen LogP contribution in [0.5, 0.6) is 0 Å². The molecule has 214 valence electrons. The van der Waals surface area contributed by atoms with Gasteiger partial charge in [-0.25, -0.2) is 27.1 Å². The van der Waals surface area contributed by atoms with Gasteiger partial charge in [-0.15, -0.1) is 0 Å². The van der Waals surface area contributed by atoms with E-state index in [1.807, 2.05) is 18.2 Å². The summed E-state index contributed by atoms with van der Waals surface area (Å²) in [4.78, 5) is 9.77. The van der Waals surface area contributed by atoms with Crippen molar-refractivity contribution in [1.29, 1.82) is 0 Å². The molecule has 0 aliphatic carbocycles. The van der Waals surface area contributed by atoms with Crippen LogP contribution in [0.1, 0.15) is 31.0 Å². The van der Waals surface area contributed by atoms with E-state index in [2.05, 4.69) is 86.6 Å². The quantitative estimate of drug-likeness (QED) is 0.187. The van der Waals surface area contributed by atoms with E-state index in [9.17, 15) is 12.8 Å². The maximum atomic E-state index is 14.1. The largest absolute Gasteiger partial charge is 0.241 e. The highest BCUT2D eigenvalue weighted by molar-refractivity contribution is 7.95. The third-order valence-corrected chi connectivity index (χ3v) is 12.9. The molecular weight excluding hydrogens is 564 g/mol. The monoisotopic (exact) mass is 598 g/mol. The highest BCUT2D eigenvalue weighted by Gasteiger charge is 2.47. The molecule has 0 saturated carbocycles. The smallest absolute Gasteiger partial charge is 0.239 e. The molecule has 0 radical (unpaired) electrons. The van der Waals surface area contributed by atoms with Crippen LogP contribution in [-0.2, 0) is 16.2 Å². The van der Waals surface area contributed by atoms with Crippen LogP contribution < -0.4 is 20.2 Å². The number of benzene rings is 4. The van der Waals surface area contributed by atoms with Gasteiger partial charge in [-0.2, -0.15) is 0 Å². The summed E-state index contributed by atoms with van der Waals surface area (Å²) in [5.74, 6) is -0.308. The van der Waals surface area contributed by atoms with E-state index in [1.165, 1.54) is 35.1 Å². The van der Waals surface area contributed by atoms with E-state index in [-0.39, 0.29) is 17.7 Å². The third kappa shape index (κ3) is 5.85. The molecule has 0 bridgehead atoms. The molecule has 5 rings (SSSR count). The molecular formula is C34H34FN3O2PS+. The predicted molar refractivity (Wildman–Crippen MR) is 174 cm³/mol. The Kier molecular flexibility index (Phi) is 8.53. The number of sulfonamides is 1. The molecule has 0 N–H and O–H groups in total. The fourth-order valence-electron chi connectivity index (χ4n) is 5.26. The van der Waals surface area contributed by atoms with Gasteiger partial charge in [0.1, 0.15) is 35.2 Å². The van der Waals surface area contributed by atoms with Gasteiger partial charge in [0.05, 0.1) is 17.6 Å². The van der Waals surface area contributed by atoms with Crippen molar-refractivity contribution in [3.63, 3.8) is 0 Å². The summed E-state index contributed by atoms with van der Waals surface area (Å²) in [5, 5.41) is 3.62. The van der Waals surface area contributed by atoms with Crippen LogP contribution in [0.3, 0.4) is 0 Å². The lowest BCUT2D eigenvalue weighted by molar-refractivity contribution is 0.599. The minimum absolute atomic E-state index is 0.0434. The van der Waals surface area contributed by atoms with Gasteiger partial charge in [0.25, 0.3) is 0 Å². The van der Waals surface area contributed by atoms with Crippen LogP contribution in [-0.4, -0.2) is 31.7 Å². The maximum Gasteiger partial charge on any atom is 0.239 e. The van der Waals surface area contributed by atoms with Crippen molar-refractivity contribution in [2.24, 2.45) is 0 Å². The Bertz CT molecular complexity index is 1670. The molecule has 0 atom stereocenters. The zero-order chi connectivity index (χ0) is 29.9. The predicted octanol–water partition coefficient (Wildman–Crippen LogP) is 6.30. The van der Waals surface area contributed by atoms with Gasteiger partial charge in [0.15, 0.2) is 0 Å². The van der Waals surface area contributed by atoms with Crippen molar-refractivity contribution in [3.05, 3.63) is 132 Å². The minimum Gasteiger partial charge on any atom is -0.241 e. The standard InChI is InChI=1S/C34H34FN3O2PS/c1-25(2)32-31(33(26-20-22-27(35)23-21-26)37-34(36-32)38(3)42(4,39)40)24-41(28-14-8-5-9-15-28,29-16-10-6-11-17-29)30-18-12-7-13-19-30/h5-23,25H,24H2,1-4H3/q+1. The topological polar surface area (TPSA) is 63.2 Å². The Morgan fingerprint density at radius 2 is 1.19 bits per heavy atom. The fourth-order valence-corrected chi connectivity index (χ4v) is 9.91. The molecule has 5 aromatic rings. The van der Waals surface area contributed by atoms with Crippen molar-refractivity contribution < 1.29 is 12.8 Å². The third-order valence-electron chi connectivity index (χ3n) is 7.46. The van der Waals surface area contributed by atoms with Gasteiger partial charge in [-0.05, 0) is 66.6 Å². The first-order chi connectivity index (χ1) is 20.1. The van der Waals surface area contributed by atoms with E-state index >= 15 is 0 Å². The summed E-state index contributed by atoms with van der Waals surface area (Å²) in [6.07, 6.45) is 1.72. The zero-order valence-corrected chi connectivity index (χ0v) is 25.9. The molecule has 0 unspecified atom stereocenters. The summed E-state index contributed by atoms with van der Waals surface area (Å²) in [5.41, 5.74) is 2.99. The first kappa shape index (κ1) is 29.6. The summed E-state index contributed by atoms with van der Waals surface area (Å²) < 4.78 is 40.3. The SMILES string of the molecule is CC(C)c1nc(N(C)S(C)(=O)=O)nc(-c2ccc(F)cc2)c1C[P+](c1ccccc1)(c1ccccc1)c1ccccc1. The first-order valence-corrected chi connectivity index (χ1v) is 17.6. The summed E-state index contributed by atoms with van der Waals surface area (Å²) in [6, 6.07) is 37.8. The van der Waals surface area contributed by atoms with Gasteiger partial charge >= 0.3 is 0 Å². The molecule has 0 amide bonds. The van der Waals surface area contributed by atoms with E-state index in [0.29, 0.717) is 17.4 Å². The molecule has 0 aliphatic heterocycles. The van der Waals surface area contributed by atoms with Crippen molar-refractivity contribution in [1.82, 2.24) is 9.97 Å². The van der Waals surface area contributed by atoms with Gasteiger partial charge in [0.2, 0.25) is 16.0 Å². The molecule has 1 heterocycles. The lowest BCUT2D eigenvalue weighted by Gasteiger charge is -2.30. The number of hydrogen-bond donors (Lipinski definition) is 0. The maximum absolute atomic E-state index is 14.1. The number of hydrogen-bond acceptors (Lipinski definition) is 4. The molecule has 0 saturated heterocycles. The Morgan fingerprint density at radius 3 is 1.60 bits per heavy atom. The Balaban J connectivity index is 1.89. The number of nitrogens with zero attached hydrogens (tertiary/aromatic N) is 3. The second kappa shape index (κ2) is 12.1. The van der Waals surface area contributed by atoms with Crippen molar-refractivity contribution in [3.8, 4) is 11.3 Å².